The highest BCUT2D eigenvalue weighted by atomic mass is 32.2. The van der Waals surface area contributed by atoms with E-state index in [-0.39, 0.29) is 18.1 Å². The summed E-state index contributed by atoms with van der Waals surface area (Å²) >= 11 is 0. The minimum absolute atomic E-state index is 0.00351. The predicted octanol–water partition coefficient (Wildman–Crippen LogP) is 0.703. The minimum Gasteiger partial charge on any atom is -0.481 e. The lowest BCUT2D eigenvalue weighted by Crippen LogP contribution is -2.36. The second-order valence-electron chi connectivity index (χ2n) is 4.24. The van der Waals surface area contributed by atoms with Crippen molar-refractivity contribution in [3.05, 3.63) is 12.0 Å². The van der Waals surface area contributed by atoms with E-state index in [1.165, 1.54) is 13.1 Å². The molecule has 0 bridgehead atoms. The summed E-state index contributed by atoms with van der Waals surface area (Å²) in [7, 11) is -3.72. The summed E-state index contributed by atoms with van der Waals surface area (Å²) in [5.41, 5.74) is 0. The van der Waals surface area contributed by atoms with Crippen LogP contribution in [-0.2, 0) is 21.2 Å². The number of aliphatic carboxylic acids is 1. The maximum atomic E-state index is 12.3. The molecule has 108 valence electrons. The van der Waals surface area contributed by atoms with Crippen molar-refractivity contribution < 1.29 is 18.3 Å². The molecule has 0 fully saturated rings. The molecule has 1 aromatic heterocycles. The molecule has 1 aromatic rings. The average Bonchev–Trinajstić information content (AvgIpc) is 2.84. The van der Waals surface area contributed by atoms with Gasteiger partial charge < -0.3 is 10.1 Å². The van der Waals surface area contributed by atoms with Crippen LogP contribution in [0.25, 0.3) is 0 Å². The molecule has 0 saturated carbocycles. The lowest BCUT2D eigenvalue weighted by molar-refractivity contribution is -0.141. The van der Waals surface area contributed by atoms with Crippen molar-refractivity contribution in [3.8, 4) is 0 Å². The summed E-state index contributed by atoms with van der Waals surface area (Å²) in [6.07, 6.45) is 1.87. The van der Waals surface area contributed by atoms with Gasteiger partial charge in [0.05, 0.1) is 12.1 Å². The third-order valence-electron chi connectivity index (χ3n) is 2.81. The van der Waals surface area contributed by atoms with Crippen molar-refractivity contribution in [2.24, 2.45) is 5.92 Å². The first-order chi connectivity index (χ1) is 8.82. The lowest BCUT2D eigenvalue weighted by Gasteiger charge is -2.21. The van der Waals surface area contributed by atoms with Gasteiger partial charge in [-0.05, 0) is 0 Å². The third-order valence-corrected chi connectivity index (χ3v) is 4.66. The van der Waals surface area contributed by atoms with Gasteiger partial charge in [-0.2, -0.15) is 4.31 Å². The Morgan fingerprint density at radius 1 is 1.53 bits per heavy atom. The number of aryl methyl sites for hydroxylation is 1. The van der Waals surface area contributed by atoms with Gasteiger partial charge in [0.2, 0.25) is 0 Å². The zero-order chi connectivity index (χ0) is 14.6. The molecule has 0 aliphatic carbocycles. The number of aromatic nitrogens is 2. The van der Waals surface area contributed by atoms with Gasteiger partial charge in [0, 0.05) is 19.5 Å². The first kappa shape index (κ1) is 15.6. The van der Waals surface area contributed by atoms with Gasteiger partial charge in [-0.15, -0.1) is 0 Å². The fourth-order valence-electron chi connectivity index (χ4n) is 1.57. The van der Waals surface area contributed by atoms with E-state index in [1.807, 2.05) is 6.92 Å². The molecule has 1 unspecified atom stereocenters. The van der Waals surface area contributed by atoms with Crippen LogP contribution in [0.5, 0.6) is 0 Å². The van der Waals surface area contributed by atoms with Crippen LogP contribution in [0.15, 0.2) is 11.2 Å². The molecule has 1 atom stereocenters. The number of H-pyrrole nitrogens is 1. The highest BCUT2D eigenvalue weighted by Crippen LogP contribution is 2.15. The predicted molar refractivity (Wildman–Crippen MR) is 69.2 cm³/mol. The number of aromatic amines is 1. The van der Waals surface area contributed by atoms with Gasteiger partial charge in [-0.1, -0.05) is 20.8 Å². The molecule has 0 aliphatic heterocycles. The van der Waals surface area contributed by atoms with Gasteiger partial charge in [0.25, 0.3) is 10.0 Å². The molecule has 8 heteroatoms. The molecule has 1 rings (SSSR count). The number of nitrogens with one attached hydrogen (secondary N) is 1. The van der Waals surface area contributed by atoms with Gasteiger partial charge in [-0.3, -0.25) is 4.79 Å². The fourth-order valence-corrected chi connectivity index (χ4v) is 3.04. The Labute approximate surface area is 112 Å². The molecule has 0 aromatic carbocycles. The standard InChI is InChI=1S/C11H19N3O4S/c1-4-9-12-6-10(13-9)19(17,18)14(5-2)7-8(3)11(15)16/h6,8H,4-5,7H2,1-3H3,(H,12,13)(H,15,16). The molecule has 19 heavy (non-hydrogen) atoms. The Bertz CT molecular complexity index is 538. The largest absolute Gasteiger partial charge is 0.481 e. The first-order valence-electron chi connectivity index (χ1n) is 6.09. The summed E-state index contributed by atoms with van der Waals surface area (Å²) in [5, 5.41) is 8.87. The van der Waals surface area contributed by atoms with E-state index >= 15 is 0 Å². The normalized spacial score (nSPS) is 13.7. The maximum Gasteiger partial charge on any atom is 0.307 e. The quantitative estimate of drug-likeness (QED) is 0.769. The highest BCUT2D eigenvalue weighted by molar-refractivity contribution is 7.89. The number of carbonyl (C=O) groups is 1. The van der Waals surface area contributed by atoms with Gasteiger partial charge >= 0.3 is 5.97 Å². The molecule has 0 aliphatic rings. The summed E-state index contributed by atoms with van der Waals surface area (Å²) in [6, 6.07) is 0. The number of hydrogen-bond acceptors (Lipinski definition) is 4. The summed E-state index contributed by atoms with van der Waals surface area (Å²) < 4.78 is 25.8. The summed E-state index contributed by atoms with van der Waals surface area (Å²) in [4.78, 5) is 17.5. The number of nitrogens with zero attached hydrogens (tertiary/aromatic N) is 2. The maximum absolute atomic E-state index is 12.3. The van der Waals surface area contributed by atoms with E-state index in [9.17, 15) is 13.2 Å². The molecule has 7 nitrogen and oxygen atoms in total. The van der Waals surface area contributed by atoms with Crippen LogP contribution in [0, 0.1) is 5.92 Å². The molecular formula is C11H19N3O4S. The van der Waals surface area contributed by atoms with Crippen molar-refractivity contribution in [1.82, 2.24) is 14.3 Å². The van der Waals surface area contributed by atoms with E-state index in [0.717, 1.165) is 4.31 Å². The van der Waals surface area contributed by atoms with Crippen LogP contribution in [0.3, 0.4) is 0 Å². The number of carboxylic acid groups (broad SMARTS) is 1. The number of hydrogen-bond donors (Lipinski definition) is 2. The number of imidazole rings is 1. The van der Waals surface area contributed by atoms with E-state index in [0.29, 0.717) is 12.2 Å². The van der Waals surface area contributed by atoms with Gasteiger partial charge in [0.1, 0.15) is 5.82 Å². The van der Waals surface area contributed by atoms with E-state index < -0.39 is 21.9 Å². The van der Waals surface area contributed by atoms with Crippen LogP contribution >= 0.6 is 0 Å². The molecular weight excluding hydrogens is 270 g/mol. The van der Waals surface area contributed by atoms with Crippen LogP contribution in [0.4, 0.5) is 0 Å². The Kier molecular flexibility index (Phi) is 5.07. The second-order valence-corrected chi connectivity index (χ2v) is 6.15. The monoisotopic (exact) mass is 289 g/mol. The number of rotatable bonds is 7. The molecule has 2 N–H and O–H groups in total. The average molecular weight is 289 g/mol. The topological polar surface area (TPSA) is 103 Å². The summed E-state index contributed by atoms with van der Waals surface area (Å²) in [5.74, 6) is -1.20. The molecule has 1 heterocycles. The van der Waals surface area contributed by atoms with Gasteiger partial charge in [-0.25, -0.2) is 13.4 Å². The smallest absolute Gasteiger partial charge is 0.307 e. The lowest BCUT2D eigenvalue weighted by atomic mass is 10.2. The Hall–Kier alpha value is -1.41. The molecule has 0 spiro atoms. The van der Waals surface area contributed by atoms with Crippen molar-refractivity contribution in [1.29, 1.82) is 0 Å². The zero-order valence-electron chi connectivity index (χ0n) is 11.3. The SMILES string of the molecule is CCc1ncc(S(=O)(=O)N(CC)CC(C)C(=O)O)[nH]1. The molecule has 0 saturated heterocycles. The minimum atomic E-state index is -3.72. The highest BCUT2D eigenvalue weighted by Gasteiger charge is 2.28. The molecule has 0 radical (unpaired) electrons. The van der Waals surface area contributed by atoms with Crippen LogP contribution in [0.2, 0.25) is 0 Å². The number of sulfonamides is 1. The van der Waals surface area contributed by atoms with Crippen molar-refractivity contribution in [2.45, 2.75) is 32.2 Å². The van der Waals surface area contributed by atoms with Crippen molar-refractivity contribution in [2.75, 3.05) is 13.1 Å². The van der Waals surface area contributed by atoms with Crippen LogP contribution in [-0.4, -0.2) is 46.9 Å². The van der Waals surface area contributed by atoms with Crippen molar-refractivity contribution >= 4 is 16.0 Å². The Morgan fingerprint density at radius 2 is 2.16 bits per heavy atom. The van der Waals surface area contributed by atoms with E-state index in [4.69, 9.17) is 5.11 Å². The summed E-state index contributed by atoms with van der Waals surface area (Å²) in [6.45, 7) is 5.16. The molecule has 0 amide bonds. The first-order valence-corrected chi connectivity index (χ1v) is 7.53. The zero-order valence-corrected chi connectivity index (χ0v) is 12.1. The van der Waals surface area contributed by atoms with Crippen molar-refractivity contribution in [3.63, 3.8) is 0 Å². The fraction of sp³-hybridized carbons (Fsp3) is 0.636. The van der Waals surface area contributed by atoms with Gasteiger partial charge in [0.15, 0.2) is 5.03 Å². The van der Waals surface area contributed by atoms with Crippen LogP contribution in [0.1, 0.15) is 26.6 Å². The third kappa shape index (κ3) is 3.54. The second kappa shape index (κ2) is 6.16. The van der Waals surface area contributed by atoms with Crippen LogP contribution < -0.4 is 0 Å². The van der Waals surface area contributed by atoms with E-state index in [1.54, 1.807) is 6.92 Å². The van der Waals surface area contributed by atoms with E-state index in [2.05, 4.69) is 9.97 Å². The Morgan fingerprint density at radius 3 is 2.58 bits per heavy atom. The number of carboxylic acids is 1. The Balaban J connectivity index is 2.98.